The minimum absolute atomic E-state index is 0.0809. The van der Waals surface area contributed by atoms with Gasteiger partial charge in [-0.2, -0.15) is 0 Å². The second-order valence-corrected chi connectivity index (χ2v) is 4.70. The zero-order chi connectivity index (χ0) is 20.3. The number of aliphatic hydroxyl groups excluding tert-OH is 9. The van der Waals surface area contributed by atoms with Gasteiger partial charge in [-0.1, -0.05) is 0 Å². The van der Waals surface area contributed by atoms with Crippen LogP contribution in [0.3, 0.4) is 0 Å². The largest absolute Gasteiger partial charge is 0.479 e. The van der Waals surface area contributed by atoms with Gasteiger partial charge in [-0.3, -0.25) is 4.79 Å². The number of aldehydes is 1. The van der Waals surface area contributed by atoms with Crippen molar-refractivity contribution in [2.24, 2.45) is 0 Å². The van der Waals surface area contributed by atoms with Crippen LogP contribution in [0.15, 0.2) is 0 Å². The van der Waals surface area contributed by atoms with Crippen LogP contribution in [-0.4, -0.2) is 125 Å². The Kier molecular flexibility index (Phi) is 13.1. The topological polar surface area (TPSA) is 254 Å². The summed E-state index contributed by atoms with van der Waals surface area (Å²) in [6, 6.07) is 0. The average Bonchev–Trinajstić information content (AvgIpc) is 2.62. The quantitative estimate of drug-likeness (QED) is 0.160. The van der Waals surface area contributed by atoms with Gasteiger partial charge >= 0.3 is 5.97 Å². The van der Waals surface area contributed by atoms with Gasteiger partial charge in [0.1, 0.15) is 43.2 Å². The normalized spacial score (nSPS) is 19.2. The molecule has 0 aromatic heterocycles. The Labute approximate surface area is 140 Å². The molecule has 0 heterocycles. The van der Waals surface area contributed by atoms with E-state index in [1.165, 1.54) is 0 Å². The summed E-state index contributed by atoms with van der Waals surface area (Å²) < 4.78 is 0. The van der Waals surface area contributed by atoms with Gasteiger partial charge in [0.05, 0.1) is 6.61 Å². The highest BCUT2D eigenvalue weighted by Gasteiger charge is 2.34. The Morgan fingerprint density at radius 3 is 1.60 bits per heavy atom. The third kappa shape index (κ3) is 8.92. The molecule has 0 saturated carbocycles. The van der Waals surface area contributed by atoms with Crippen LogP contribution in [0.1, 0.15) is 0 Å². The molecule has 0 bridgehead atoms. The minimum Gasteiger partial charge on any atom is -0.479 e. The summed E-state index contributed by atoms with van der Waals surface area (Å²) in [5, 5.41) is 86.3. The maximum absolute atomic E-state index is 10.5. The van der Waals surface area contributed by atoms with Gasteiger partial charge in [-0.25, -0.2) is 4.79 Å². The van der Waals surface area contributed by atoms with Crippen molar-refractivity contribution in [2.75, 3.05) is 13.2 Å². The zero-order valence-electron chi connectivity index (χ0n) is 12.7. The van der Waals surface area contributed by atoms with Crippen molar-refractivity contribution in [2.45, 2.75) is 42.7 Å². The van der Waals surface area contributed by atoms with Crippen molar-refractivity contribution in [3.8, 4) is 0 Å². The van der Waals surface area contributed by atoms with Gasteiger partial charge in [-0.15, -0.1) is 0 Å². The van der Waals surface area contributed by atoms with E-state index in [0.717, 1.165) is 0 Å². The zero-order valence-corrected chi connectivity index (χ0v) is 12.7. The summed E-state index contributed by atoms with van der Waals surface area (Å²) in [5.74, 6) is -2.76. The van der Waals surface area contributed by atoms with Gasteiger partial charge in [0, 0.05) is 0 Å². The lowest BCUT2D eigenvalue weighted by Crippen LogP contribution is -2.48. The van der Waals surface area contributed by atoms with Crippen molar-refractivity contribution < 1.29 is 65.4 Å². The molecule has 0 radical (unpaired) electrons. The molecule has 13 nitrogen and oxygen atoms in total. The molecule has 0 aromatic rings. The first kappa shape index (κ1) is 25.7. The Balaban J connectivity index is 0. The molecule has 10 N–H and O–H groups in total. The maximum atomic E-state index is 10.5. The monoisotopic (exact) mass is 374 g/mol. The van der Waals surface area contributed by atoms with Crippen molar-refractivity contribution in [1.29, 1.82) is 0 Å². The van der Waals surface area contributed by atoms with Crippen LogP contribution in [0.4, 0.5) is 0 Å². The maximum Gasteiger partial charge on any atom is 0.335 e. The molecule has 148 valence electrons. The number of ketones is 1. The van der Waals surface area contributed by atoms with E-state index in [-0.39, 0.29) is 6.29 Å². The third-order valence-electron chi connectivity index (χ3n) is 2.81. The second-order valence-electron chi connectivity index (χ2n) is 4.70. The number of carbonyl (C=O) groups excluding carboxylic acids is 2. The molecule has 0 aliphatic rings. The van der Waals surface area contributed by atoms with Gasteiger partial charge < -0.3 is 55.9 Å². The van der Waals surface area contributed by atoms with Crippen molar-refractivity contribution in [3.05, 3.63) is 0 Å². The molecule has 0 unspecified atom stereocenters. The van der Waals surface area contributed by atoms with Crippen LogP contribution >= 0.6 is 0 Å². The fourth-order valence-corrected chi connectivity index (χ4v) is 1.22. The number of aliphatic carboxylic acids is 1. The molecule has 0 aromatic carbocycles. The lowest BCUT2D eigenvalue weighted by atomic mass is 10.0. The van der Waals surface area contributed by atoms with Crippen LogP contribution in [0.2, 0.25) is 0 Å². The first-order valence-electron chi connectivity index (χ1n) is 6.65. The van der Waals surface area contributed by atoms with E-state index in [4.69, 9.17) is 51.1 Å². The van der Waals surface area contributed by atoms with E-state index in [1.54, 1.807) is 0 Å². The summed E-state index contributed by atoms with van der Waals surface area (Å²) >= 11 is 0. The van der Waals surface area contributed by atoms with E-state index in [0.29, 0.717) is 0 Å². The molecule has 0 rings (SSSR count). The average molecular weight is 374 g/mol. The molecular formula is C12H22O13. The Bertz CT molecular complexity index is 414. The number of aliphatic hydroxyl groups is 9. The molecule has 0 aliphatic heterocycles. The summed E-state index contributed by atoms with van der Waals surface area (Å²) in [6.07, 6.45) is -13.6. The minimum atomic E-state index is -2.25. The smallest absolute Gasteiger partial charge is 0.335 e. The Hall–Kier alpha value is -1.55. The van der Waals surface area contributed by atoms with Crippen LogP contribution in [0, 0.1) is 0 Å². The standard InChI is InChI=1S/C6H10O7.C6H12O6/c7-1-2(8)3(9)4(10)5(11)6(12)13;7-1-3(9)5(11)6(12)4(10)2-8/h1-5,8-11H,(H,12,13);3,5-9,11-12H,1-2H2/t2-,3+,4-,5-;3-,5-,6+/m01/s1. The highest BCUT2D eigenvalue weighted by Crippen LogP contribution is 2.04. The molecule has 0 saturated heterocycles. The van der Waals surface area contributed by atoms with Crippen LogP contribution in [0.25, 0.3) is 0 Å². The number of carboxylic acids is 1. The molecule has 7 atom stereocenters. The first-order chi connectivity index (χ1) is 11.5. The van der Waals surface area contributed by atoms with Crippen LogP contribution in [0.5, 0.6) is 0 Å². The van der Waals surface area contributed by atoms with Crippen molar-refractivity contribution in [3.63, 3.8) is 0 Å². The number of hydrogen-bond donors (Lipinski definition) is 10. The lowest BCUT2D eigenvalue weighted by molar-refractivity contribution is -0.163. The summed E-state index contributed by atoms with van der Waals surface area (Å²) in [6.45, 7) is -1.69. The van der Waals surface area contributed by atoms with Gasteiger partial charge in [-0.05, 0) is 0 Å². The molecule has 25 heavy (non-hydrogen) atoms. The molecular weight excluding hydrogens is 352 g/mol. The number of carboxylic acid groups (broad SMARTS) is 1. The van der Waals surface area contributed by atoms with Crippen molar-refractivity contribution >= 4 is 18.0 Å². The van der Waals surface area contributed by atoms with Crippen LogP contribution < -0.4 is 0 Å². The molecule has 0 fully saturated rings. The predicted octanol–water partition coefficient (Wildman–Crippen LogP) is -6.66. The second kappa shape index (κ2) is 12.8. The van der Waals surface area contributed by atoms with Gasteiger partial charge in [0.15, 0.2) is 18.2 Å². The van der Waals surface area contributed by atoms with E-state index in [2.05, 4.69) is 0 Å². The summed E-state index contributed by atoms with van der Waals surface area (Å²) in [5.41, 5.74) is 0. The third-order valence-corrected chi connectivity index (χ3v) is 2.81. The Morgan fingerprint density at radius 2 is 1.28 bits per heavy atom. The Morgan fingerprint density at radius 1 is 0.800 bits per heavy atom. The summed E-state index contributed by atoms with van der Waals surface area (Å²) in [7, 11) is 0. The fourth-order valence-electron chi connectivity index (χ4n) is 1.22. The molecule has 0 spiro atoms. The van der Waals surface area contributed by atoms with Gasteiger partial charge in [0.2, 0.25) is 0 Å². The fraction of sp³-hybridized carbons (Fsp3) is 0.750. The van der Waals surface area contributed by atoms with Gasteiger partial charge in [0.25, 0.3) is 0 Å². The van der Waals surface area contributed by atoms with E-state index in [1.807, 2.05) is 0 Å². The predicted molar refractivity (Wildman–Crippen MR) is 74.9 cm³/mol. The number of rotatable bonds is 10. The first-order valence-corrected chi connectivity index (χ1v) is 6.65. The summed E-state index contributed by atoms with van der Waals surface area (Å²) in [4.78, 5) is 30.5. The molecule has 0 amide bonds. The van der Waals surface area contributed by atoms with E-state index < -0.39 is 67.7 Å². The highest BCUT2D eigenvalue weighted by atomic mass is 16.4. The molecule has 13 heteroatoms. The van der Waals surface area contributed by atoms with Crippen molar-refractivity contribution in [1.82, 2.24) is 0 Å². The number of hydrogen-bond acceptors (Lipinski definition) is 12. The number of carbonyl (C=O) groups is 3. The number of Topliss-reactive ketones (excluding diaryl/α,β-unsaturated/α-hetero) is 1. The lowest BCUT2D eigenvalue weighted by Gasteiger charge is -2.21. The van der Waals surface area contributed by atoms with Crippen LogP contribution in [-0.2, 0) is 14.4 Å². The van der Waals surface area contributed by atoms with E-state index >= 15 is 0 Å². The van der Waals surface area contributed by atoms with E-state index in [9.17, 15) is 14.4 Å². The highest BCUT2D eigenvalue weighted by molar-refractivity contribution is 5.84. The SMILES string of the molecule is O=C(CO)[C@H](O)[C@H](O)[C@H](O)CO.O=C[C@H](O)[C@@H](O)[C@H](O)[C@H](O)C(=O)O. The molecule has 0 aliphatic carbocycles.